The van der Waals surface area contributed by atoms with E-state index in [0.717, 1.165) is 11.1 Å². The predicted molar refractivity (Wildman–Crippen MR) is 40.6 cm³/mol. The molecule has 0 bridgehead atoms. The maximum Gasteiger partial charge on any atom is 0.108 e. The van der Waals surface area contributed by atoms with Crippen LogP contribution in [-0.4, -0.2) is 0 Å². The zero-order chi connectivity index (χ0) is 7.56. The van der Waals surface area contributed by atoms with Crippen molar-refractivity contribution in [2.24, 2.45) is 0 Å². The van der Waals surface area contributed by atoms with Gasteiger partial charge in [-0.25, -0.2) is 5.11 Å². The summed E-state index contributed by atoms with van der Waals surface area (Å²) in [7, 11) is 0. The van der Waals surface area contributed by atoms with Gasteiger partial charge >= 0.3 is 0 Å². The Labute approximate surface area is 65.3 Å². The second-order valence-electron chi connectivity index (χ2n) is 2.22. The van der Waals surface area contributed by atoms with E-state index in [-0.39, 0.29) is 6.61 Å². The lowest BCUT2D eigenvalue weighted by molar-refractivity contribution is 0.177. The molecule has 0 atom stereocenters. The van der Waals surface area contributed by atoms with Crippen molar-refractivity contribution < 1.29 is 5.11 Å². The quantitative estimate of drug-likeness (QED) is 0.594. The van der Waals surface area contributed by atoms with Gasteiger partial charge < -0.3 is 0 Å². The summed E-state index contributed by atoms with van der Waals surface area (Å²) < 4.78 is 0. The molecule has 0 heterocycles. The van der Waals surface area contributed by atoms with Gasteiger partial charge in [-0.3, -0.25) is 0 Å². The smallest absolute Gasteiger partial charge is 0.108 e. The number of hydrogen-bond donors (Lipinski definition) is 0. The average molecular weight is 156 g/mol. The molecule has 1 aromatic rings. The molecule has 1 rings (SSSR count). The molecule has 10 heavy (non-hydrogen) atoms. The monoisotopic (exact) mass is 155 g/mol. The van der Waals surface area contributed by atoms with Crippen LogP contribution in [0.15, 0.2) is 18.2 Å². The van der Waals surface area contributed by atoms with Gasteiger partial charge in [-0.05, 0) is 30.2 Å². The SMILES string of the molecule is Cc1cc(Cl)ccc1C[O]. The van der Waals surface area contributed by atoms with E-state index in [0.29, 0.717) is 5.02 Å². The maximum absolute atomic E-state index is 10.4. The van der Waals surface area contributed by atoms with E-state index in [1.165, 1.54) is 0 Å². The van der Waals surface area contributed by atoms with Gasteiger partial charge in [-0.1, -0.05) is 17.7 Å². The largest absolute Gasteiger partial charge is 0.232 e. The minimum Gasteiger partial charge on any atom is -0.232 e. The van der Waals surface area contributed by atoms with Gasteiger partial charge in [-0.2, -0.15) is 0 Å². The Balaban J connectivity index is 3.07. The second-order valence-corrected chi connectivity index (χ2v) is 2.65. The molecule has 0 N–H and O–H groups in total. The normalized spacial score (nSPS) is 9.90. The summed E-state index contributed by atoms with van der Waals surface area (Å²) in [6, 6.07) is 5.31. The van der Waals surface area contributed by atoms with Crippen molar-refractivity contribution in [3.8, 4) is 0 Å². The molecule has 53 valence electrons. The molecular weight excluding hydrogens is 148 g/mol. The molecule has 0 aliphatic rings. The van der Waals surface area contributed by atoms with Gasteiger partial charge in [0.15, 0.2) is 0 Å². The third kappa shape index (κ3) is 1.49. The molecule has 0 aliphatic carbocycles. The Morgan fingerprint density at radius 2 is 2.20 bits per heavy atom. The van der Waals surface area contributed by atoms with Crippen LogP contribution >= 0.6 is 11.6 Å². The first kappa shape index (κ1) is 7.58. The summed E-state index contributed by atoms with van der Waals surface area (Å²) in [5.41, 5.74) is 1.80. The molecule has 2 heteroatoms. The van der Waals surface area contributed by atoms with Gasteiger partial charge in [-0.15, -0.1) is 0 Å². The molecule has 1 aromatic carbocycles. The van der Waals surface area contributed by atoms with Crippen LogP contribution in [-0.2, 0) is 11.7 Å². The Morgan fingerprint density at radius 3 is 2.70 bits per heavy atom. The molecule has 0 fully saturated rings. The highest BCUT2D eigenvalue weighted by molar-refractivity contribution is 6.30. The third-order valence-corrected chi connectivity index (χ3v) is 1.70. The fourth-order valence-corrected chi connectivity index (χ4v) is 1.05. The Morgan fingerprint density at radius 1 is 1.50 bits per heavy atom. The van der Waals surface area contributed by atoms with Gasteiger partial charge in [0, 0.05) is 5.02 Å². The van der Waals surface area contributed by atoms with Crippen LogP contribution in [0.2, 0.25) is 5.02 Å². The fraction of sp³-hybridized carbons (Fsp3) is 0.250. The second kappa shape index (κ2) is 3.04. The van der Waals surface area contributed by atoms with E-state index in [9.17, 15) is 5.11 Å². The van der Waals surface area contributed by atoms with Crippen LogP contribution in [0.25, 0.3) is 0 Å². The number of hydrogen-bond acceptors (Lipinski definition) is 0. The lowest BCUT2D eigenvalue weighted by Gasteiger charge is -1.99. The lowest BCUT2D eigenvalue weighted by Crippen LogP contribution is -1.85. The molecule has 0 amide bonds. The summed E-state index contributed by atoms with van der Waals surface area (Å²) >= 11 is 5.67. The predicted octanol–water partition coefficient (Wildman–Crippen LogP) is 2.58. The van der Waals surface area contributed by atoms with E-state index in [2.05, 4.69) is 0 Å². The molecule has 0 saturated heterocycles. The molecule has 0 unspecified atom stereocenters. The number of aryl methyl sites for hydroxylation is 1. The minimum atomic E-state index is -0.164. The summed E-state index contributed by atoms with van der Waals surface area (Å²) in [5.74, 6) is 0. The summed E-state index contributed by atoms with van der Waals surface area (Å²) in [4.78, 5) is 0. The van der Waals surface area contributed by atoms with Gasteiger partial charge in [0.25, 0.3) is 0 Å². The topological polar surface area (TPSA) is 19.9 Å². The molecule has 1 nitrogen and oxygen atoms in total. The highest BCUT2D eigenvalue weighted by Crippen LogP contribution is 2.14. The lowest BCUT2D eigenvalue weighted by atomic mass is 10.1. The first-order chi connectivity index (χ1) is 4.74. The van der Waals surface area contributed by atoms with Gasteiger partial charge in [0.2, 0.25) is 0 Å². The Hall–Kier alpha value is -0.530. The zero-order valence-corrected chi connectivity index (χ0v) is 6.48. The van der Waals surface area contributed by atoms with E-state index in [4.69, 9.17) is 11.6 Å². The Bertz CT molecular complexity index is 233. The van der Waals surface area contributed by atoms with Crippen molar-refractivity contribution in [2.75, 3.05) is 0 Å². The van der Waals surface area contributed by atoms with Crippen LogP contribution in [0.3, 0.4) is 0 Å². The van der Waals surface area contributed by atoms with Crippen LogP contribution in [0.4, 0.5) is 0 Å². The van der Waals surface area contributed by atoms with E-state index < -0.39 is 0 Å². The van der Waals surface area contributed by atoms with E-state index in [1.807, 2.05) is 6.92 Å². The van der Waals surface area contributed by atoms with Crippen molar-refractivity contribution in [3.63, 3.8) is 0 Å². The van der Waals surface area contributed by atoms with Gasteiger partial charge in [0.1, 0.15) is 6.61 Å². The summed E-state index contributed by atoms with van der Waals surface area (Å²) in [6.45, 7) is 1.72. The van der Waals surface area contributed by atoms with Crippen molar-refractivity contribution in [1.82, 2.24) is 0 Å². The molecular formula is C8H8ClO. The molecule has 0 aliphatic heterocycles. The van der Waals surface area contributed by atoms with Crippen molar-refractivity contribution in [3.05, 3.63) is 34.3 Å². The third-order valence-electron chi connectivity index (χ3n) is 1.46. The molecule has 0 spiro atoms. The van der Waals surface area contributed by atoms with E-state index in [1.54, 1.807) is 18.2 Å². The minimum absolute atomic E-state index is 0.164. The summed E-state index contributed by atoms with van der Waals surface area (Å²) in [6.07, 6.45) is 0. The number of benzene rings is 1. The Kier molecular flexibility index (Phi) is 2.30. The standard InChI is InChI=1S/C8H8ClO/c1-6-4-8(9)3-2-7(6)5-10/h2-4H,5H2,1H3. The average Bonchev–Trinajstić information content (AvgIpc) is 1.88. The maximum atomic E-state index is 10.4. The first-order valence-electron chi connectivity index (χ1n) is 3.07. The van der Waals surface area contributed by atoms with Crippen LogP contribution in [0.1, 0.15) is 11.1 Å². The van der Waals surface area contributed by atoms with E-state index >= 15 is 0 Å². The summed E-state index contributed by atoms with van der Waals surface area (Å²) in [5, 5.41) is 11.1. The molecule has 0 saturated carbocycles. The van der Waals surface area contributed by atoms with Gasteiger partial charge in [0.05, 0.1) is 0 Å². The zero-order valence-electron chi connectivity index (χ0n) is 5.73. The molecule has 1 radical (unpaired) electrons. The van der Waals surface area contributed by atoms with Crippen molar-refractivity contribution in [2.45, 2.75) is 13.5 Å². The van der Waals surface area contributed by atoms with Crippen molar-refractivity contribution >= 4 is 11.6 Å². The van der Waals surface area contributed by atoms with Crippen LogP contribution in [0, 0.1) is 6.92 Å². The highest BCUT2D eigenvalue weighted by atomic mass is 35.5. The van der Waals surface area contributed by atoms with Crippen LogP contribution in [0.5, 0.6) is 0 Å². The van der Waals surface area contributed by atoms with Crippen molar-refractivity contribution in [1.29, 1.82) is 0 Å². The highest BCUT2D eigenvalue weighted by Gasteiger charge is 1.96. The first-order valence-corrected chi connectivity index (χ1v) is 3.45. The van der Waals surface area contributed by atoms with Crippen LogP contribution < -0.4 is 0 Å². The number of rotatable bonds is 1. The number of halogens is 1. The molecule has 0 aromatic heterocycles. The fourth-order valence-electron chi connectivity index (χ4n) is 0.821.